The average molecular weight is 247 g/mol. The lowest BCUT2D eigenvalue weighted by atomic mass is 9.91. The zero-order valence-electron chi connectivity index (χ0n) is 12.7. The SMILES string of the molecule is CCCNC(c1ccc(CC)c(CC)c1)C(C)C. The van der Waals surface area contributed by atoms with Gasteiger partial charge in [0, 0.05) is 6.04 Å². The molecule has 1 aromatic carbocycles. The van der Waals surface area contributed by atoms with E-state index >= 15 is 0 Å². The Morgan fingerprint density at radius 1 is 1.00 bits per heavy atom. The highest BCUT2D eigenvalue weighted by atomic mass is 14.9. The fourth-order valence-electron chi connectivity index (χ4n) is 2.55. The van der Waals surface area contributed by atoms with Crippen LogP contribution >= 0.6 is 0 Å². The summed E-state index contributed by atoms with van der Waals surface area (Å²) >= 11 is 0. The Kier molecular flexibility index (Phi) is 6.42. The second kappa shape index (κ2) is 7.58. The molecule has 0 heterocycles. The van der Waals surface area contributed by atoms with Gasteiger partial charge in [0.1, 0.15) is 0 Å². The molecule has 0 aliphatic heterocycles. The summed E-state index contributed by atoms with van der Waals surface area (Å²) in [6.45, 7) is 12.4. The molecule has 1 heteroatoms. The first kappa shape index (κ1) is 15.2. The molecule has 1 rings (SSSR count). The average Bonchev–Trinajstić information content (AvgIpc) is 2.38. The number of nitrogens with one attached hydrogen (secondary N) is 1. The van der Waals surface area contributed by atoms with Crippen LogP contribution in [0.4, 0.5) is 0 Å². The fraction of sp³-hybridized carbons (Fsp3) is 0.647. The molecule has 0 aromatic heterocycles. The summed E-state index contributed by atoms with van der Waals surface area (Å²) in [5, 5.41) is 3.67. The van der Waals surface area contributed by atoms with Gasteiger partial charge < -0.3 is 5.32 Å². The van der Waals surface area contributed by atoms with Crippen LogP contribution < -0.4 is 5.32 Å². The van der Waals surface area contributed by atoms with E-state index in [1.54, 1.807) is 0 Å². The van der Waals surface area contributed by atoms with Crippen molar-refractivity contribution in [1.82, 2.24) is 5.32 Å². The molecular formula is C17H29N. The summed E-state index contributed by atoms with van der Waals surface area (Å²) < 4.78 is 0. The van der Waals surface area contributed by atoms with Crippen molar-refractivity contribution in [2.45, 2.75) is 59.9 Å². The standard InChI is InChI=1S/C17H29N/c1-6-11-18-17(13(4)5)16-10-9-14(7-2)15(8-3)12-16/h9-10,12-13,17-18H,6-8,11H2,1-5H3. The molecule has 0 aliphatic rings. The van der Waals surface area contributed by atoms with E-state index in [-0.39, 0.29) is 0 Å². The first-order valence-electron chi connectivity index (χ1n) is 7.49. The van der Waals surface area contributed by atoms with Gasteiger partial charge in [-0.15, -0.1) is 0 Å². The maximum Gasteiger partial charge on any atom is 0.0343 e. The van der Waals surface area contributed by atoms with Gasteiger partial charge in [-0.05, 0) is 48.4 Å². The minimum Gasteiger partial charge on any atom is -0.310 e. The maximum atomic E-state index is 3.67. The van der Waals surface area contributed by atoms with E-state index in [0.29, 0.717) is 12.0 Å². The summed E-state index contributed by atoms with van der Waals surface area (Å²) in [7, 11) is 0. The maximum absolute atomic E-state index is 3.67. The highest BCUT2D eigenvalue weighted by Crippen LogP contribution is 2.24. The van der Waals surface area contributed by atoms with E-state index in [4.69, 9.17) is 0 Å². The van der Waals surface area contributed by atoms with Crippen LogP contribution in [0.5, 0.6) is 0 Å². The Labute approximate surface area is 113 Å². The van der Waals surface area contributed by atoms with Gasteiger partial charge in [-0.2, -0.15) is 0 Å². The van der Waals surface area contributed by atoms with Crippen LogP contribution in [0.25, 0.3) is 0 Å². The van der Waals surface area contributed by atoms with Crippen LogP contribution in [0.15, 0.2) is 18.2 Å². The molecule has 0 saturated heterocycles. The van der Waals surface area contributed by atoms with Gasteiger partial charge in [-0.1, -0.05) is 52.8 Å². The minimum atomic E-state index is 0.487. The topological polar surface area (TPSA) is 12.0 Å². The quantitative estimate of drug-likeness (QED) is 0.747. The zero-order chi connectivity index (χ0) is 13.5. The molecule has 1 nitrogen and oxygen atoms in total. The van der Waals surface area contributed by atoms with Crippen LogP contribution in [-0.2, 0) is 12.8 Å². The summed E-state index contributed by atoms with van der Waals surface area (Å²) in [5.41, 5.74) is 4.46. The van der Waals surface area contributed by atoms with Crippen molar-refractivity contribution in [2.24, 2.45) is 5.92 Å². The van der Waals surface area contributed by atoms with Gasteiger partial charge in [0.2, 0.25) is 0 Å². The summed E-state index contributed by atoms with van der Waals surface area (Å²) in [6, 6.07) is 7.52. The van der Waals surface area contributed by atoms with E-state index in [1.165, 1.54) is 23.1 Å². The molecule has 0 fully saturated rings. The Morgan fingerprint density at radius 2 is 1.67 bits per heavy atom. The van der Waals surface area contributed by atoms with Crippen molar-refractivity contribution in [3.8, 4) is 0 Å². The molecule has 0 saturated carbocycles. The number of aryl methyl sites for hydroxylation is 2. The summed E-state index contributed by atoms with van der Waals surface area (Å²) in [4.78, 5) is 0. The zero-order valence-corrected chi connectivity index (χ0v) is 12.7. The third-order valence-electron chi connectivity index (χ3n) is 3.63. The van der Waals surface area contributed by atoms with Crippen molar-refractivity contribution in [2.75, 3.05) is 6.54 Å². The molecule has 0 radical (unpaired) electrons. The lowest BCUT2D eigenvalue weighted by Crippen LogP contribution is -2.26. The molecule has 1 aromatic rings. The first-order chi connectivity index (χ1) is 8.63. The van der Waals surface area contributed by atoms with Crippen molar-refractivity contribution in [1.29, 1.82) is 0 Å². The molecule has 18 heavy (non-hydrogen) atoms. The van der Waals surface area contributed by atoms with E-state index in [9.17, 15) is 0 Å². The van der Waals surface area contributed by atoms with Crippen LogP contribution in [0.3, 0.4) is 0 Å². The summed E-state index contributed by atoms with van der Waals surface area (Å²) in [6.07, 6.45) is 3.46. The van der Waals surface area contributed by atoms with Crippen LogP contribution in [0.2, 0.25) is 0 Å². The lowest BCUT2D eigenvalue weighted by Gasteiger charge is -2.24. The molecule has 0 bridgehead atoms. The second-order valence-corrected chi connectivity index (χ2v) is 5.41. The van der Waals surface area contributed by atoms with Gasteiger partial charge >= 0.3 is 0 Å². The normalized spacial score (nSPS) is 13.0. The van der Waals surface area contributed by atoms with Gasteiger partial charge in [0.25, 0.3) is 0 Å². The Balaban J connectivity index is 2.97. The molecule has 1 unspecified atom stereocenters. The van der Waals surface area contributed by atoms with Crippen molar-refractivity contribution >= 4 is 0 Å². The van der Waals surface area contributed by atoms with E-state index in [2.05, 4.69) is 58.1 Å². The number of hydrogen-bond acceptors (Lipinski definition) is 1. The van der Waals surface area contributed by atoms with Crippen molar-refractivity contribution in [3.05, 3.63) is 34.9 Å². The van der Waals surface area contributed by atoms with E-state index < -0.39 is 0 Å². The number of benzene rings is 1. The third kappa shape index (κ3) is 3.84. The molecule has 0 spiro atoms. The van der Waals surface area contributed by atoms with Crippen molar-refractivity contribution in [3.63, 3.8) is 0 Å². The van der Waals surface area contributed by atoms with Gasteiger partial charge in [-0.25, -0.2) is 0 Å². The van der Waals surface area contributed by atoms with Gasteiger partial charge in [-0.3, -0.25) is 0 Å². The molecule has 0 amide bonds. The number of hydrogen-bond donors (Lipinski definition) is 1. The highest BCUT2D eigenvalue weighted by molar-refractivity contribution is 5.34. The van der Waals surface area contributed by atoms with Crippen LogP contribution in [0.1, 0.15) is 63.8 Å². The first-order valence-corrected chi connectivity index (χ1v) is 7.49. The van der Waals surface area contributed by atoms with Gasteiger partial charge in [0.15, 0.2) is 0 Å². The summed E-state index contributed by atoms with van der Waals surface area (Å²) in [5.74, 6) is 0.633. The minimum absolute atomic E-state index is 0.487. The predicted molar refractivity (Wildman–Crippen MR) is 81.1 cm³/mol. The highest BCUT2D eigenvalue weighted by Gasteiger charge is 2.15. The molecule has 102 valence electrons. The smallest absolute Gasteiger partial charge is 0.0343 e. The van der Waals surface area contributed by atoms with E-state index in [0.717, 1.165) is 19.4 Å². The second-order valence-electron chi connectivity index (χ2n) is 5.41. The molecule has 0 aliphatic carbocycles. The van der Waals surface area contributed by atoms with Crippen LogP contribution in [-0.4, -0.2) is 6.54 Å². The monoisotopic (exact) mass is 247 g/mol. The van der Waals surface area contributed by atoms with Crippen molar-refractivity contribution < 1.29 is 0 Å². The Morgan fingerprint density at radius 3 is 2.17 bits per heavy atom. The fourth-order valence-corrected chi connectivity index (χ4v) is 2.55. The largest absolute Gasteiger partial charge is 0.310 e. The number of rotatable bonds is 7. The Bertz CT molecular complexity index is 355. The molecule has 1 N–H and O–H groups in total. The molecular weight excluding hydrogens is 218 g/mol. The predicted octanol–water partition coefficient (Wildman–Crippen LogP) is 4.51. The lowest BCUT2D eigenvalue weighted by molar-refractivity contribution is 0.412. The van der Waals surface area contributed by atoms with Gasteiger partial charge in [0.05, 0.1) is 0 Å². The van der Waals surface area contributed by atoms with Crippen LogP contribution in [0, 0.1) is 5.92 Å². The third-order valence-corrected chi connectivity index (χ3v) is 3.63. The molecule has 1 atom stereocenters. The Hall–Kier alpha value is -0.820. The van der Waals surface area contributed by atoms with E-state index in [1.807, 2.05) is 0 Å².